The van der Waals surface area contributed by atoms with E-state index < -0.39 is 5.25 Å². The number of benzene rings is 2. The van der Waals surface area contributed by atoms with Gasteiger partial charge >= 0.3 is 0 Å². The van der Waals surface area contributed by atoms with E-state index in [9.17, 15) is 9.59 Å². The largest absolute Gasteiger partial charge is 0.494 e. The summed E-state index contributed by atoms with van der Waals surface area (Å²) in [6.45, 7) is 3.27. The highest BCUT2D eigenvalue weighted by Gasteiger charge is 2.20. The first-order chi connectivity index (χ1) is 13.5. The van der Waals surface area contributed by atoms with E-state index in [1.165, 1.54) is 23.4 Å². The van der Waals surface area contributed by atoms with Crippen LogP contribution in [0.2, 0.25) is 0 Å². The lowest BCUT2D eigenvalue weighted by atomic mass is 10.1. The number of aromatic nitrogens is 4. The van der Waals surface area contributed by atoms with E-state index in [1.807, 2.05) is 24.3 Å². The Labute approximate surface area is 166 Å². The van der Waals surface area contributed by atoms with Gasteiger partial charge in [-0.1, -0.05) is 23.9 Å². The number of anilines is 1. The van der Waals surface area contributed by atoms with Gasteiger partial charge in [0, 0.05) is 11.3 Å². The molecule has 8 nitrogen and oxygen atoms in total. The number of nitrogens with one attached hydrogen (secondary N) is 1. The van der Waals surface area contributed by atoms with Gasteiger partial charge in [0.15, 0.2) is 5.78 Å². The maximum absolute atomic E-state index is 12.5. The number of ketones is 1. The molecule has 0 aliphatic rings. The minimum atomic E-state index is -0.452. The van der Waals surface area contributed by atoms with Crippen LogP contribution in [0.1, 0.15) is 24.2 Å². The molecule has 0 saturated carbocycles. The van der Waals surface area contributed by atoms with E-state index in [0.717, 1.165) is 0 Å². The monoisotopic (exact) mass is 397 g/mol. The van der Waals surface area contributed by atoms with Crippen LogP contribution in [-0.4, -0.2) is 44.3 Å². The van der Waals surface area contributed by atoms with Gasteiger partial charge in [-0.25, -0.2) is 0 Å². The number of ether oxygens (including phenoxy) is 1. The molecular weight excluding hydrogens is 378 g/mol. The number of hydrogen-bond donors (Lipinski definition) is 1. The second-order valence-electron chi connectivity index (χ2n) is 5.93. The van der Waals surface area contributed by atoms with Crippen molar-refractivity contribution < 1.29 is 14.3 Å². The first-order valence-electron chi connectivity index (χ1n) is 8.50. The molecule has 0 fully saturated rings. The van der Waals surface area contributed by atoms with Gasteiger partial charge in [-0.2, -0.15) is 4.68 Å². The molecule has 1 N–H and O–H groups in total. The number of tetrazole rings is 1. The molecule has 0 saturated heterocycles. The third-order valence-corrected chi connectivity index (χ3v) is 5.00. The van der Waals surface area contributed by atoms with Crippen LogP contribution in [0.3, 0.4) is 0 Å². The minimum absolute atomic E-state index is 0.0232. The van der Waals surface area contributed by atoms with Crippen molar-refractivity contribution in [1.82, 2.24) is 20.2 Å². The molecule has 1 unspecified atom stereocenters. The lowest BCUT2D eigenvalue weighted by Gasteiger charge is -2.13. The van der Waals surface area contributed by atoms with Crippen molar-refractivity contribution in [1.29, 1.82) is 0 Å². The zero-order valence-electron chi connectivity index (χ0n) is 15.6. The summed E-state index contributed by atoms with van der Waals surface area (Å²) in [5.74, 6) is 0.402. The Morgan fingerprint density at radius 3 is 2.54 bits per heavy atom. The van der Waals surface area contributed by atoms with E-state index in [4.69, 9.17) is 4.74 Å². The van der Waals surface area contributed by atoms with Crippen LogP contribution in [-0.2, 0) is 4.79 Å². The first-order valence-corrected chi connectivity index (χ1v) is 9.38. The quantitative estimate of drug-likeness (QED) is 0.483. The van der Waals surface area contributed by atoms with Crippen molar-refractivity contribution >= 4 is 29.1 Å². The molecule has 0 aliphatic carbocycles. The van der Waals surface area contributed by atoms with Crippen LogP contribution in [0.5, 0.6) is 5.75 Å². The SMILES string of the molecule is COc1ccccc1-n1nnnc1SC(C)C(=O)Nc1ccc(C(C)=O)cc1. The maximum atomic E-state index is 12.5. The Morgan fingerprint density at radius 2 is 1.86 bits per heavy atom. The molecule has 3 aromatic rings. The fourth-order valence-electron chi connectivity index (χ4n) is 2.45. The number of para-hydroxylation sites is 2. The molecule has 1 atom stereocenters. The van der Waals surface area contributed by atoms with Gasteiger partial charge in [0.2, 0.25) is 11.1 Å². The predicted octanol–water partition coefficient (Wildman–Crippen LogP) is 2.99. The summed E-state index contributed by atoms with van der Waals surface area (Å²) >= 11 is 1.23. The zero-order valence-corrected chi connectivity index (χ0v) is 16.4. The second-order valence-corrected chi connectivity index (χ2v) is 7.24. The summed E-state index contributed by atoms with van der Waals surface area (Å²) in [4.78, 5) is 23.9. The number of carbonyl (C=O) groups is 2. The van der Waals surface area contributed by atoms with Crippen LogP contribution < -0.4 is 10.1 Å². The van der Waals surface area contributed by atoms with Crippen molar-refractivity contribution in [3.63, 3.8) is 0 Å². The number of methoxy groups -OCH3 is 1. The average molecular weight is 397 g/mol. The van der Waals surface area contributed by atoms with Gasteiger partial charge in [0.25, 0.3) is 0 Å². The van der Waals surface area contributed by atoms with Crippen molar-refractivity contribution in [3.05, 3.63) is 54.1 Å². The summed E-state index contributed by atoms with van der Waals surface area (Å²) in [6, 6.07) is 14.1. The molecular formula is C19H19N5O3S. The lowest BCUT2D eigenvalue weighted by Crippen LogP contribution is -2.23. The van der Waals surface area contributed by atoms with Crippen LogP contribution in [0, 0.1) is 0 Å². The van der Waals surface area contributed by atoms with Gasteiger partial charge in [0.05, 0.1) is 12.4 Å². The Kier molecular flexibility index (Phi) is 6.05. The summed E-state index contributed by atoms with van der Waals surface area (Å²) in [6.07, 6.45) is 0. The molecule has 0 spiro atoms. The Bertz CT molecular complexity index is 987. The number of thioether (sulfide) groups is 1. The number of amides is 1. The van der Waals surface area contributed by atoms with Crippen LogP contribution in [0.25, 0.3) is 5.69 Å². The van der Waals surface area contributed by atoms with Crippen molar-refractivity contribution in [3.8, 4) is 11.4 Å². The summed E-state index contributed by atoms with van der Waals surface area (Å²) in [5, 5.41) is 14.6. The molecule has 0 radical (unpaired) electrons. The summed E-state index contributed by atoms with van der Waals surface area (Å²) in [5.41, 5.74) is 1.90. The van der Waals surface area contributed by atoms with Gasteiger partial charge in [0.1, 0.15) is 11.4 Å². The Balaban J connectivity index is 1.71. The lowest BCUT2D eigenvalue weighted by molar-refractivity contribution is -0.115. The molecule has 28 heavy (non-hydrogen) atoms. The van der Waals surface area contributed by atoms with Crippen LogP contribution >= 0.6 is 11.8 Å². The number of carbonyl (C=O) groups excluding carboxylic acids is 2. The molecule has 9 heteroatoms. The molecule has 1 heterocycles. The molecule has 0 bridgehead atoms. The Morgan fingerprint density at radius 1 is 1.14 bits per heavy atom. The van der Waals surface area contributed by atoms with Crippen molar-refractivity contribution in [2.45, 2.75) is 24.3 Å². The Hall–Kier alpha value is -3.20. The normalized spacial score (nSPS) is 11.7. The van der Waals surface area contributed by atoms with Gasteiger partial charge in [-0.3, -0.25) is 9.59 Å². The second kappa shape index (κ2) is 8.66. The number of Topliss-reactive ketones (excluding diaryl/α,β-unsaturated/α-hetero) is 1. The highest BCUT2D eigenvalue weighted by Crippen LogP contribution is 2.28. The van der Waals surface area contributed by atoms with Crippen LogP contribution in [0.15, 0.2) is 53.7 Å². The summed E-state index contributed by atoms with van der Waals surface area (Å²) in [7, 11) is 1.57. The third kappa shape index (κ3) is 4.37. The van der Waals surface area contributed by atoms with E-state index >= 15 is 0 Å². The van der Waals surface area contributed by atoms with E-state index in [1.54, 1.807) is 38.3 Å². The topological polar surface area (TPSA) is 99.0 Å². The molecule has 1 aromatic heterocycles. The number of hydrogen-bond acceptors (Lipinski definition) is 7. The third-order valence-electron chi connectivity index (χ3n) is 3.96. The zero-order chi connectivity index (χ0) is 20.1. The standard InChI is InChI=1S/C19H19N5O3S/c1-12(25)14-8-10-15(11-9-14)20-18(26)13(2)28-19-21-22-23-24(19)16-6-4-5-7-17(16)27-3/h4-11,13H,1-3H3,(H,20,26). The van der Waals surface area contributed by atoms with Gasteiger partial charge in [-0.05, 0) is 60.7 Å². The number of nitrogens with zero attached hydrogens (tertiary/aromatic N) is 4. The smallest absolute Gasteiger partial charge is 0.237 e. The number of rotatable bonds is 7. The molecule has 0 aliphatic heterocycles. The van der Waals surface area contributed by atoms with Gasteiger partial charge < -0.3 is 10.1 Å². The van der Waals surface area contributed by atoms with Crippen LogP contribution in [0.4, 0.5) is 5.69 Å². The molecule has 1 amide bonds. The average Bonchev–Trinajstić information content (AvgIpc) is 3.16. The molecule has 3 rings (SSSR count). The first kappa shape index (κ1) is 19.6. The summed E-state index contributed by atoms with van der Waals surface area (Å²) < 4.78 is 6.89. The fourth-order valence-corrected chi connectivity index (χ4v) is 3.25. The highest BCUT2D eigenvalue weighted by molar-refractivity contribution is 8.00. The van der Waals surface area contributed by atoms with E-state index in [2.05, 4.69) is 20.8 Å². The van der Waals surface area contributed by atoms with Crippen molar-refractivity contribution in [2.24, 2.45) is 0 Å². The van der Waals surface area contributed by atoms with Gasteiger partial charge in [-0.15, -0.1) is 5.10 Å². The predicted molar refractivity (Wildman–Crippen MR) is 106 cm³/mol. The minimum Gasteiger partial charge on any atom is -0.494 e. The maximum Gasteiger partial charge on any atom is 0.237 e. The van der Waals surface area contributed by atoms with E-state index in [0.29, 0.717) is 27.8 Å². The van der Waals surface area contributed by atoms with Crippen molar-refractivity contribution in [2.75, 3.05) is 12.4 Å². The molecule has 144 valence electrons. The highest BCUT2D eigenvalue weighted by atomic mass is 32.2. The van der Waals surface area contributed by atoms with E-state index in [-0.39, 0.29) is 11.7 Å². The molecule has 2 aromatic carbocycles. The fraction of sp³-hybridized carbons (Fsp3) is 0.211.